The fourth-order valence-electron chi connectivity index (χ4n) is 1.47. The number of alkyl halides is 19. The van der Waals surface area contributed by atoms with E-state index < -0.39 is 80.8 Å². The molecular formula is C10H3F18I. The van der Waals surface area contributed by atoms with Crippen molar-refractivity contribution in [3.63, 3.8) is 0 Å². The third kappa shape index (κ3) is 4.29. The Balaban J connectivity index is 6.12. The van der Waals surface area contributed by atoms with Crippen LogP contribution < -0.4 is 0 Å². The molecule has 176 valence electrons. The van der Waals surface area contributed by atoms with Crippen LogP contribution in [0.3, 0.4) is 0 Å². The van der Waals surface area contributed by atoms with Crippen LogP contribution in [0, 0.1) is 0 Å². The van der Waals surface area contributed by atoms with Crippen LogP contribution in [0.5, 0.6) is 0 Å². The molecule has 0 unspecified atom stereocenters. The zero-order valence-electron chi connectivity index (χ0n) is 12.5. The number of hydrogen-bond donors (Lipinski definition) is 0. The first-order valence-electron chi connectivity index (χ1n) is 6.17. The molecule has 1 atom stereocenters. The highest BCUT2D eigenvalue weighted by atomic mass is 127. The summed E-state index contributed by atoms with van der Waals surface area (Å²) in [6.07, 6.45) is -18.6. The van der Waals surface area contributed by atoms with Gasteiger partial charge in [0, 0.05) is 6.42 Å². The lowest BCUT2D eigenvalue weighted by atomic mass is 9.93. The molecule has 0 rings (SSSR count). The highest BCUT2D eigenvalue weighted by molar-refractivity contribution is 14.1. The fraction of sp³-hybridized carbons (Fsp3) is 1.00. The number of hydrogen-bond acceptors (Lipinski definition) is 0. The minimum atomic E-state index is -7.62. The first kappa shape index (κ1) is 28.5. The summed E-state index contributed by atoms with van der Waals surface area (Å²) in [6.45, 7) is 0. The molecular weight excluding hydrogens is 589 g/mol. The van der Waals surface area contributed by atoms with Gasteiger partial charge in [0.05, 0.1) is 3.92 Å². The van der Waals surface area contributed by atoms with E-state index in [1.807, 2.05) is 0 Å². The van der Waals surface area contributed by atoms with Gasteiger partial charge in [-0.15, -0.1) is 0 Å². The Kier molecular flexibility index (Phi) is 7.13. The number of rotatable bonds is 7. The van der Waals surface area contributed by atoms with Gasteiger partial charge in [-0.1, -0.05) is 22.6 Å². The van der Waals surface area contributed by atoms with E-state index >= 15 is 0 Å². The van der Waals surface area contributed by atoms with Crippen molar-refractivity contribution in [3.8, 4) is 0 Å². The summed E-state index contributed by atoms with van der Waals surface area (Å²) >= 11 is -0.478. The summed E-state index contributed by atoms with van der Waals surface area (Å²) < 4.78 is 222. The van der Waals surface area contributed by atoms with E-state index in [1.165, 1.54) is 0 Å². The molecule has 0 aliphatic rings. The predicted molar refractivity (Wildman–Crippen MR) is 64.2 cm³/mol. The van der Waals surface area contributed by atoms with Crippen LogP contribution in [0.25, 0.3) is 0 Å². The van der Waals surface area contributed by atoms with E-state index in [9.17, 15) is 79.0 Å². The SMILES string of the molecule is FC(F)(F)C(F)(F)C(F)(F)C(F)(F)C[C@H](I)C(F)(F)C(F)(F)C(F)(F)C(F)(F)F. The van der Waals surface area contributed by atoms with Crippen molar-refractivity contribution in [3.05, 3.63) is 0 Å². The van der Waals surface area contributed by atoms with Crippen LogP contribution in [0.1, 0.15) is 6.42 Å². The van der Waals surface area contributed by atoms with Crippen molar-refractivity contribution < 1.29 is 79.0 Å². The molecule has 0 aliphatic heterocycles. The molecule has 0 aromatic rings. The maximum atomic E-state index is 13.3. The monoisotopic (exact) mass is 592 g/mol. The van der Waals surface area contributed by atoms with Gasteiger partial charge in [0.2, 0.25) is 0 Å². The van der Waals surface area contributed by atoms with E-state index in [2.05, 4.69) is 0 Å². The van der Waals surface area contributed by atoms with Gasteiger partial charge in [0.1, 0.15) is 0 Å². The molecule has 0 bridgehead atoms. The van der Waals surface area contributed by atoms with Gasteiger partial charge in [-0.3, -0.25) is 0 Å². The van der Waals surface area contributed by atoms with Crippen LogP contribution >= 0.6 is 22.6 Å². The van der Waals surface area contributed by atoms with Crippen LogP contribution in [0.15, 0.2) is 0 Å². The summed E-state index contributed by atoms with van der Waals surface area (Å²) in [5.74, 6) is -44.2. The normalized spacial score (nSPS) is 17.5. The lowest BCUT2D eigenvalue weighted by molar-refractivity contribution is -0.404. The molecule has 0 aromatic carbocycles. The fourth-order valence-corrected chi connectivity index (χ4v) is 2.42. The summed E-state index contributed by atoms with van der Waals surface area (Å²) in [5.41, 5.74) is 0. The maximum Gasteiger partial charge on any atom is 0.460 e. The Bertz CT molecular complexity index is 582. The van der Waals surface area contributed by atoms with Crippen molar-refractivity contribution in [1.82, 2.24) is 0 Å². The largest absolute Gasteiger partial charge is 0.460 e. The van der Waals surface area contributed by atoms with E-state index in [-0.39, 0.29) is 0 Å². The van der Waals surface area contributed by atoms with Gasteiger partial charge in [0.15, 0.2) is 0 Å². The van der Waals surface area contributed by atoms with Gasteiger partial charge in [0.25, 0.3) is 0 Å². The Morgan fingerprint density at radius 3 is 1.00 bits per heavy atom. The highest BCUT2D eigenvalue weighted by Gasteiger charge is 2.85. The zero-order chi connectivity index (χ0) is 24.3. The zero-order valence-corrected chi connectivity index (χ0v) is 14.6. The maximum absolute atomic E-state index is 13.3. The third-order valence-corrected chi connectivity index (χ3v) is 4.43. The lowest BCUT2D eigenvalue weighted by Crippen LogP contribution is -2.65. The quantitative estimate of drug-likeness (QED) is 0.168. The summed E-state index contributed by atoms with van der Waals surface area (Å²) in [7, 11) is 0. The lowest BCUT2D eigenvalue weighted by Gasteiger charge is -2.38. The van der Waals surface area contributed by atoms with Gasteiger partial charge in [-0.05, 0) is 0 Å². The summed E-state index contributed by atoms with van der Waals surface area (Å²) in [5, 5.41) is 0. The highest BCUT2D eigenvalue weighted by Crippen LogP contribution is 2.59. The van der Waals surface area contributed by atoms with Crippen molar-refractivity contribution in [2.24, 2.45) is 0 Å². The molecule has 0 aliphatic carbocycles. The second kappa shape index (κ2) is 7.27. The summed E-state index contributed by atoms with van der Waals surface area (Å²) in [6, 6.07) is 0. The first-order valence-corrected chi connectivity index (χ1v) is 7.42. The van der Waals surface area contributed by atoms with E-state index in [0.717, 1.165) is 0 Å². The molecule has 0 radical (unpaired) electrons. The molecule has 0 fully saturated rings. The smallest absolute Gasteiger partial charge is 0.200 e. The van der Waals surface area contributed by atoms with E-state index in [0.29, 0.717) is 0 Å². The Morgan fingerprint density at radius 1 is 0.448 bits per heavy atom. The Labute approximate surface area is 160 Å². The Morgan fingerprint density at radius 2 is 0.724 bits per heavy atom. The van der Waals surface area contributed by atoms with Crippen molar-refractivity contribution in [2.75, 3.05) is 0 Å². The van der Waals surface area contributed by atoms with Crippen molar-refractivity contribution in [1.29, 1.82) is 0 Å². The number of halogens is 19. The molecule has 0 aromatic heterocycles. The average Bonchev–Trinajstić information content (AvgIpc) is 2.43. The second-order valence-electron chi connectivity index (χ2n) is 5.29. The molecule has 0 nitrogen and oxygen atoms in total. The van der Waals surface area contributed by atoms with E-state index in [1.54, 1.807) is 0 Å². The predicted octanol–water partition coefficient (Wildman–Crippen LogP) is 7.12. The van der Waals surface area contributed by atoms with Crippen molar-refractivity contribution >= 4 is 22.6 Å². The van der Waals surface area contributed by atoms with Crippen LogP contribution in [-0.2, 0) is 0 Å². The van der Waals surface area contributed by atoms with Gasteiger partial charge < -0.3 is 0 Å². The third-order valence-electron chi connectivity index (χ3n) is 3.21. The minimum absolute atomic E-state index is 0.478. The van der Waals surface area contributed by atoms with Crippen LogP contribution in [0.4, 0.5) is 79.0 Å². The molecule has 0 saturated heterocycles. The Hall–Kier alpha value is -0.530. The average molecular weight is 592 g/mol. The standard InChI is InChI=1S/C10H3F18I/c11-3(12,5(15,16)7(19,20)9(23,24)25)1-2(29)4(13,14)6(17,18)8(21,22)10(26,27)28/h2H,1H2/t2-/m0/s1. The van der Waals surface area contributed by atoms with E-state index in [4.69, 9.17) is 0 Å². The topological polar surface area (TPSA) is 0 Å². The van der Waals surface area contributed by atoms with Gasteiger partial charge in [-0.25, -0.2) is 0 Å². The first-order chi connectivity index (χ1) is 12.1. The second-order valence-corrected chi connectivity index (χ2v) is 6.80. The minimum Gasteiger partial charge on any atom is -0.200 e. The molecule has 19 heteroatoms. The molecule has 0 saturated carbocycles. The summed E-state index contributed by atoms with van der Waals surface area (Å²) in [4.78, 5) is 0. The molecule has 0 spiro atoms. The van der Waals surface area contributed by atoms with Gasteiger partial charge in [-0.2, -0.15) is 79.0 Å². The van der Waals surface area contributed by atoms with Gasteiger partial charge >= 0.3 is 47.9 Å². The van der Waals surface area contributed by atoms with Crippen molar-refractivity contribution in [2.45, 2.75) is 58.2 Å². The van der Waals surface area contributed by atoms with Crippen LogP contribution in [-0.4, -0.2) is 51.8 Å². The molecule has 0 heterocycles. The molecule has 29 heavy (non-hydrogen) atoms. The molecule has 0 amide bonds. The van der Waals surface area contributed by atoms with Crippen LogP contribution in [0.2, 0.25) is 0 Å². The molecule has 0 N–H and O–H groups in total.